The van der Waals surface area contributed by atoms with Gasteiger partial charge >= 0.3 is 0 Å². The first kappa shape index (κ1) is 20.1. The van der Waals surface area contributed by atoms with E-state index < -0.39 is 0 Å². The van der Waals surface area contributed by atoms with Crippen molar-refractivity contribution >= 4 is 35.0 Å². The van der Waals surface area contributed by atoms with Gasteiger partial charge in [0, 0.05) is 17.6 Å². The van der Waals surface area contributed by atoms with E-state index in [1.54, 1.807) is 6.07 Å². The van der Waals surface area contributed by atoms with Gasteiger partial charge in [-0.25, -0.2) is 5.43 Å². The summed E-state index contributed by atoms with van der Waals surface area (Å²) in [5, 5.41) is 13.8. The number of benzene rings is 2. The third kappa shape index (κ3) is 4.99. The number of aromatic nitrogens is 3. The molecular formula is C20H20ClN5OS. The van der Waals surface area contributed by atoms with Gasteiger partial charge < -0.3 is 4.57 Å². The molecule has 0 saturated carbocycles. The topological polar surface area (TPSA) is 72.2 Å². The fourth-order valence-corrected chi connectivity index (χ4v) is 3.38. The fraction of sp³-hybridized carbons (Fsp3) is 0.200. The Labute approximate surface area is 173 Å². The van der Waals surface area contributed by atoms with Gasteiger partial charge in [-0.15, -0.1) is 10.2 Å². The van der Waals surface area contributed by atoms with Crippen LogP contribution in [-0.2, 0) is 11.8 Å². The van der Waals surface area contributed by atoms with Crippen LogP contribution < -0.4 is 5.43 Å². The van der Waals surface area contributed by atoms with Crippen molar-refractivity contribution in [3.05, 3.63) is 64.7 Å². The summed E-state index contributed by atoms with van der Waals surface area (Å²) in [7, 11) is 1.86. The maximum absolute atomic E-state index is 12.1. The summed E-state index contributed by atoms with van der Waals surface area (Å²) in [6.07, 6.45) is 0. The average molecular weight is 414 g/mol. The van der Waals surface area contributed by atoms with Crippen LogP contribution in [0.5, 0.6) is 0 Å². The predicted octanol–water partition coefficient (Wildman–Crippen LogP) is 4.08. The molecule has 0 atom stereocenters. The molecule has 0 unspecified atom stereocenters. The predicted molar refractivity (Wildman–Crippen MR) is 114 cm³/mol. The zero-order valence-electron chi connectivity index (χ0n) is 15.8. The normalized spacial score (nSPS) is 11.5. The summed E-state index contributed by atoms with van der Waals surface area (Å²) in [6, 6.07) is 15.4. The number of thioether (sulfide) groups is 1. The number of hydrazone groups is 1. The van der Waals surface area contributed by atoms with Gasteiger partial charge in [-0.2, -0.15) is 5.10 Å². The maximum atomic E-state index is 12.1. The number of carbonyl (C=O) groups excluding carboxylic acids is 1. The van der Waals surface area contributed by atoms with Crippen molar-refractivity contribution in [1.29, 1.82) is 0 Å². The highest BCUT2D eigenvalue weighted by Crippen LogP contribution is 2.24. The minimum atomic E-state index is -0.205. The number of halogens is 1. The SMILES string of the molecule is C/C(=N/NC(=O)CSc1nnc(-c2cccc(Cl)c2)n1C)c1ccc(C)cc1. The minimum absolute atomic E-state index is 0.187. The van der Waals surface area contributed by atoms with Crippen molar-refractivity contribution < 1.29 is 4.79 Å². The number of rotatable bonds is 6. The molecule has 0 bridgehead atoms. The minimum Gasteiger partial charge on any atom is -0.305 e. The van der Waals surface area contributed by atoms with Gasteiger partial charge in [0.2, 0.25) is 0 Å². The van der Waals surface area contributed by atoms with Crippen molar-refractivity contribution in [2.45, 2.75) is 19.0 Å². The smallest absolute Gasteiger partial charge is 0.250 e. The van der Waals surface area contributed by atoms with Crippen molar-refractivity contribution in [2.24, 2.45) is 12.1 Å². The molecule has 3 aromatic rings. The Kier molecular flexibility index (Phi) is 6.49. The highest BCUT2D eigenvalue weighted by Gasteiger charge is 2.13. The van der Waals surface area contributed by atoms with E-state index in [0.29, 0.717) is 16.0 Å². The lowest BCUT2D eigenvalue weighted by Crippen LogP contribution is -2.21. The number of amides is 1. The van der Waals surface area contributed by atoms with Gasteiger partial charge in [-0.05, 0) is 31.5 Å². The first-order valence-electron chi connectivity index (χ1n) is 8.62. The number of nitrogens with zero attached hydrogens (tertiary/aromatic N) is 4. The molecule has 0 aliphatic heterocycles. The second-order valence-electron chi connectivity index (χ2n) is 6.26. The Morgan fingerprint density at radius 2 is 1.96 bits per heavy atom. The molecule has 0 spiro atoms. The summed E-state index contributed by atoms with van der Waals surface area (Å²) < 4.78 is 1.84. The zero-order chi connectivity index (χ0) is 20.1. The molecule has 0 radical (unpaired) electrons. The first-order valence-corrected chi connectivity index (χ1v) is 9.98. The molecule has 1 amide bonds. The zero-order valence-corrected chi connectivity index (χ0v) is 17.4. The van der Waals surface area contributed by atoms with Crippen molar-refractivity contribution in [1.82, 2.24) is 20.2 Å². The van der Waals surface area contributed by atoms with E-state index in [-0.39, 0.29) is 11.7 Å². The molecule has 8 heteroatoms. The Morgan fingerprint density at radius 3 is 2.68 bits per heavy atom. The molecule has 0 fully saturated rings. The van der Waals surface area contributed by atoms with Crippen LogP contribution in [0, 0.1) is 6.92 Å². The van der Waals surface area contributed by atoms with Crippen LogP contribution >= 0.6 is 23.4 Å². The van der Waals surface area contributed by atoms with E-state index in [2.05, 4.69) is 20.7 Å². The lowest BCUT2D eigenvalue weighted by atomic mass is 10.1. The molecule has 3 rings (SSSR count). The van der Waals surface area contributed by atoms with Crippen LogP contribution in [0.25, 0.3) is 11.4 Å². The van der Waals surface area contributed by atoms with E-state index in [1.807, 2.05) is 67.9 Å². The van der Waals surface area contributed by atoms with Gasteiger partial charge in [-0.1, -0.05) is 65.3 Å². The number of aryl methyl sites for hydroxylation is 1. The summed E-state index contributed by atoms with van der Waals surface area (Å²) in [5.74, 6) is 0.675. The van der Waals surface area contributed by atoms with E-state index in [9.17, 15) is 4.79 Å². The number of carbonyl (C=O) groups is 1. The first-order chi connectivity index (χ1) is 13.4. The van der Waals surface area contributed by atoms with E-state index in [0.717, 1.165) is 16.8 Å². The number of hydrogen-bond donors (Lipinski definition) is 1. The standard InChI is InChI=1S/C20H20ClN5OS/c1-13-7-9-15(10-8-13)14(2)22-23-18(27)12-28-20-25-24-19(26(20)3)16-5-4-6-17(21)11-16/h4-11H,12H2,1-3H3,(H,23,27)/b22-14-. The second-order valence-corrected chi connectivity index (χ2v) is 7.64. The Hall–Kier alpha value is -2.64. The van der Waals surface area contributed by atoms with Gasteiger partial charge in [0.15, 0.2) is 11.0 Å². The van der Waals surface area contributed by atoms with Crippen molar-refractivity contribution in [3.8, 4) is 11.4 Å². The van der Waals surface area contributed by atoms with Gasteiger partial charge in [0.25, 0.3) is 5.91 Å². The van der Waals surface area contributed by atoms with Crippen molar-refractivity contribution in [3.63, 3.8) is 0 Å². The molecule has 0 saturated heterocycles. The molecular weight excluding hydrogens is 394 g/mol. The van der Waals surface area contributed by atoms with Crippen LogP contribution in [-0.4, -0.2) is 32.1 Å². The maximum Gasteiger partial charge on any atom is 0.250 e. The third-order valence-corrected chi connectivity index (χ3v) is 5.32. The summed E-state index contributed by atoms with van der Waals surface area (Å²) in [4.78, 5) is 12.1. The van der Waals surface area contributed by atoms with Crippen molar-refractivity contribution in [2.75, 3.05) is 5.75 Å². The quantitative estimate of drug-likeness (QED) is 0.375. The molecule has 1 N–H and O–H groups in total. The molecule has 1 aromatic heterocycles. The summed E-state index contributed by atoms with van der Waals surface area (Å²) in [6.45, 7) is 3.89. The largest absolute Gasteiger partial charge is 0.305 e. The lowest BCUT2D eigenvalue weighted by Gasteiger charge is -2.05. The highest BCUT2D eigenvalue weighted by atomic mass is 35.5. The van der Waals surface area contributed by atoms with Gasteiger partial charge in [-0.3, -0.25) is 4.79 Å². The Bertz CT molecular complexity index is 1010. The fourth-order valence-electron chi connectivity index (χ4n) is 2.49. The van der Waals surface area contributed by atoms with E-state index in [4.69, 9.17) is 11.6 Å². The second kappa shape index (κ2) is 9.03. The molecule has 0 aliphatic carbocycles. The summed E-state index contributed by atoms with van der Waals surface area (Å²) in [5.41, 5.74) is 6.36. The van der Waals surface area contributed by atoms with Crippen LogP contribution in [0.4, 0.5) is 0 Å². The van der Waals surface area contributed by atoms with Crippen LogP contribution in [0.15, 0.2) is 58.8 Å². The van der Waals surface area contributed by atoms with Crippen LogP contribution in [0.2, 0.25) is 5.02 Å². The average Bonchev–Trinajstić information content (AvgIpc) is 3.05. The molecule has 0 aliphatic rings. The lowest BCUT2D eigenvalue weighted by molar-refractivity contribution is -0.118. The number of nitrogens with one attached hydrogen (secondary N) is 1. The molecule has 28 heavy (non-hydrogen) atoms. The van der Waals surface area contributed by atoms with E-state index >= 15 is 0 Å². The highest BCUT2D eigenvalue weighted by molar-refractivity contribution is 7.99. The summed E-state index contributed by atoms with van der Waals surface area (Å²) >= 11 is 7.34. The monoisotopic (exact) mass is 413 g/mol. The molecule has 6 nitrogen and oxygen atoms in total. The van der Waals surface area contributed by atoms with Crippen LogP contribution in [0.3, 0.4) is 0 Å². The van der Waals surface area contributed by atoms with Crippen LogP contribution in [0.1, 0.15) is 18.1 Å². The van der Waals surface area contributed by atoms with Gasteiger partial charge in [0.05, 0.1) is 11.5 Å². The number of hydrogen-bond acceptors (Lipinski definition) is 5. The molecule has 2 aromatic carbocycles. The third-order valence-electron chi connectivity index (χ3n) is 4.07. The Balaban J connectivity index is 1.59. The Morgan fingerprint density at radius 1 is 1.21 bits per heavy atom. The van der Waals surface area contributed by atoms with Gasteiger partial charge in [0.1, 0.15) is 0 Å². The molecule has 144 valence electrons. The van der Waals surface area contributed by atoms with E-state index in [1.165, 1.54) is 17.3 Å². The molecule has 1 heterocycles.